The van der Waals surface area contributed by atoms with Crippen molar-refractivity contribution in [2.75, 3.05) is 7.11 Å². The summed E-state index contributed by atoms with van der Waals surface area (Å²) in [5.41, 5.74) is 2.98. The molecule has 1 aliphatic heterocycles. The molecule has 1 unspecified atom stereocenters. The lowest BCUT2D eigenvalue weighted by Crippen LogP contribution is -2.33. The lowest BCUT2D eigenvalue weighted by molar-refractivity contribution is 0.401. The predicted octanol–water partition coefficient (Wildman–Crippen LogP) is 2.33. The molecule has 4 rings (SSSR count). The third-order valence-corrected chi connectivity index (χ3v) is 4.98. The van der Waals surface area contributed by atoms with Gasteiger partial charge in [-0.05, 0) is 29.8 Å². The first-order valence-electron chi connectivity index (χ1n) is 8.79. The molecule has 0 saturated heterocycles. The summed E-state index contributed by atoms with van der Waals surface area (Å²) in [5.74, 6) is -0.131. The molecular formula is C20H17ClN4O4. The first-order chi connectivity index (χ1) is 14.0. The summed E-state index contributed by atoms with van der Waals surface area (Å²) in [5, 5.41) is 15.7. The van der Waals surface area contributed by atoms with Gasteiger partial charge in [0.25, 0.3) is 5.56 Å². The second-order valence-corrected chi connectivity index (χ2v) is 6.90. The number of methoxy groups -OCH3 is 1. The van der Waals surface area contributed by atoms with Crippen molar-refractivity contribution in [3.8, 4) is 17.3 Å². The van der Waals surface area contributed by atoms with Crippen LogP contribution in [-0.2, 0) is 0 Å². The molecule has 0 spiro atoms. The van der Waals surface area contributed by atoms with Gasteiger partial charge in [-0.15, -0.1) is 0 Å². The molecule has 9 heteroatoms. The molecule has 3 aromatic rings. The molecule has 1 aromatic heterocycles. The Kier molecular flexibility index (Phi) is 4.85. The van der Waals surface area contributed by atoms with Crippen molar-refractivity contribution in [1.29, 1.82) is 0 Å². The first kappa shape index (κ1) is 18.8. The summed E-state index contributed by atoms with van der Waals surface area (Å²) < 4.78 is 6.27. The molecule has 1 aliphatic rings. The smallest absolute Gasteiger partial charge is 0.335 e. The SMILES string of the molecule is COc1ccccc1-n1c(O)c(C2=NNC(c3ccc(Cl)cc3)C2)c(=O)[nH]c1=O. The average molecular weight is 413 g/mol. The van der Waals surface area contributed by atoms with Crippen LogP contribution in [0.4, 0.5) is 0 Å². The van der Waals surface area contributed by atoms with Crippen LogP contribution in [0.1, 0.15) is 23.6 Å². The number of halogens is 1. The van der Waals surface area contributed by atoms with E-state index in [-0.39, 0.29) is 11.6 Å². The molecule has 148 valence electrons. The summed E-state index contributed by atoms with van der Waals surface area (Å²) in [6.45, 7) is 0. The van der Waals surface area contributed by atoms with Gasteiger partial charge in [-0.3, -0.25) is 9.78 Å². The van der Waals surface area contributed by atoms with E-state index < -0.39 is 17.1 Å². The predicted molar refractivity (Wildman–Crippen MR) is 109 cm³/mol. The number of nitrogens with one attached hydrogen (secondary N) is 2. The van der Waals surface area contributed by atoms with Crippen LogP contribution in [0.15, 0.2) is 63.2 Å². The van der Waals surface area contributed by atoms with Crippen LogP contribution in [-0.4, -0.2) is 27.5 Å². The summed E-state index contributed by atoms with van der Waals surface area (Å²) in [6, 6.07) is 13.7. The Morgan fingerprint density at radius 1 is 1.17 bits per heavy atom. The molecule has 8 nitrogen and oxygen atoms in total. The molecule has 0 saturated carbocycles. The number of nitrogens with zero attached hydrogens (tertiary/aromatic N) is 2. The first-order valence-corrected chi connectivity index (χ1v) is 9.17. The molecule has 1 atom stereocenters. The molecular weight excluding hydrogens is 396 g/mol. The Hall–Kier alpha value is -3.52. The van der Waals surface area contributed by atoms with Crippen molar-refractivity contribution in [1.82, 2.24) is 15.0 Å². The van der Waals surface area contributed by atoms with E-state index in [1.54, 1.807) is 36.4 Å². The fraction of sp³-hybridized carbons (Fsp3) is 0.150. The maximum absolute atomic E-state index is 12.5. The van der Waals surface area contributed by atoms with Crippen molar-refractivity contribution < 1.29 is 9.84 Å². The van der Waals surface area contributed by atoms with Crippen LogP contribution in [0.2, 0.25) is 5.02 Å². The highest BCUT2D eigenvalue weighted by atomic mass is 35.5. The van der Waals surface area contributed by atoms with Gasteiger partial charge in [-0.1, -0.05) is 35.9 Å². The van der Waals surface area contributed by atoms with Gasteiger partial charge in [0, 0.05) is 11.4 Å². The van der Waals surface area contributed by atoms with Gasteiger partial charge < -0.3 is 15.3 Å². The third-order valence-electron chi connectivity index (χ3n) is 4.73. The minimum Gasteiger partial charge on any atom is -0.495 e. The Balaban J connectivity index is 1.77. The van der Waals surface area contributed by atoms with Crippen molar-refractivity contribution >= 4 is 17.3 Å². The monoisotopic (exact) mass is 412 g/mol. The number of H-pyrrole nitrogens is 1. The van der Waals surface area contributed by atoms with Crippen LogP contribution in [0.5, 0.6) is 11.6 Å². The number of aromatic amines is 1. The van der Waals surface area contributed by atoms with E-state index in [4.69, 9.17) is 16.3 Å². The van der Waals surface area contributed by atoms with E-state index in [1.807, 2.05) is 12.1 Å². The topological polar surface area (TPSA) is 109 Å². The standard InChI is InChI=1S/C20H17ClN4O4/c1-29-16-5-3-2-4-15(16)25-19(27)17(18(26)22-20(25)28)14-10-13(23-24-14)11-6-8-12(21)9-7-11/h2-9,13,23,27H,10H2,1H3,(H,22,26,28). The molecule has 0 aliphatic carbocycles. The van der Waals surface area contributed by atoms with Gasteiger partial charge in [0.15, 0.2) is 0 Å². The van der Waals surface area contributed by atoms with Gasteiger partial charge in [0.1, 0.15) is 11.3 Å². The third kappa shape index (κ3) is 3.38. The van der Waals surface area contributed by atoms with Crippen molar-refractivity contribution in [3.05, 3.63) is 85.5 Å². The number of aromatic nitrogens is 2. The molecule has 0 fully saturated rings. The van der Waals surface area contributed by atoms with Gasteiger partial charge >= 0.3 is 5.69 Å². The molecule has 0 radical (unpaired) electrons. The maximum atomic E-state index is 12.5. The van der Waals surface area contributed by atoms with Crippen LogP contribution < -0.4 is 21.4 Å². The lowest BCUT2D eigenvalue weighted by atomic mass is 10.00. The van der Waals surface area contributed by atoms with E-state index in [9.17, 15) is 14.7 Å². The summed E-state index contributed by atoms with van der Waals surface area (Å²) in [7, 11) is 1.45. The quantitative estimate of drug-likeness (QED) is 0.609. The van der Waals surface area contributed by atoms with E-state index in [1.165, 1.54) is 7.11 Å². The fourth-order valence-corrected chi connectivity index (χ4v) is 3.44. The van der Waals surface area contributed by atoms with E-state index in [0.717, 1.165) is 10.1 Å². The Bertz CT molecular complexity index is 1210. The number of ether oxygens (including phenoxy) is 1. The number of para-hydroxylation sites is 2. The molecule has 0 amide bonds. The molecule has 29 heavy (non-hydrogen) atoms. The zero-order chi connectivity index (χ0) is 20.5. The number of hydrogen-bond acceptors (Lipinski definition) is 6. The highest BCUT2D eigenvalue weighted by Crippen LogP contribution is 2.29. The number of rotatable bonds is 4. The Labute approximate surface area is 170 Å². The molecule has 2 aromatic carbocycles. The van der Waals surface area contributed by atoms with E-state index in [0.29, 0.717) is 28.6 Å². The number of hydrogen-bond donors (Lipinski definition) is 3. The summed E-state index contributed by atoms with van der Waals surface area (Å²) in [4.78, 5) is 27.2. The second-order valence-electron chi connectivity index (χ2n) is 6.46. The summed E-state index contributed by atoms with van der Waals surface area (Å²) in [6.07, 6.45) is 0.350. The zero-order valence-corrected chi connectivity index (χ0v) is 16.1. The maximum Gasteiger partial charge on any atom is 0.335 e. The van der Waals surface area contributed by atoms with Gasteiger partial charge in [0.05, 0.1) is 24.6 Å². The average Bonchev–Trinajstić information content (AvgIpc) is 3.18. The molecule has 3 N–H and O–H groups in total. The van der Waals surface area contributed by atoms with E-state index in [2.05, 4.69) is 15.5 Å². The molecule has 2 heterocycles. The number of hydrazone groups is 1. The van der Waals surface area contributed by atoms with Crippen LogP contribution >= 0.6 is 11.6 Å². The Morgan fingerprint density at radius 3 is 2.62 bits per heavy atom. The summed E-state index contributed by atoms with van der Waals surface area (Å²) >= 11 is 5.93. The van der Waals surface area contributed by atoms with Crippen molar-refractivity contribution in [2.24, 2.45) is 5.10 Å². The van der Waals surface area contributed by atoms with Crippen LogP contribution in [0.25, 0.3) is 5.69 Å². The fourth-order valence-electron chi connectivity index (χ4n) is 3.31. The van der Waals surface area contributed by atoms with Gasteiger partial charge in [0.2, 0.25) is 5.88 Å². The normalized spacial score (nSPS) is 15.7. The number of aromatic hydroxyl groups is 1. The second kappa shape index (κ2) is 7.48. The van der Waals surface area contributed by atoms with Gasteiger partial charge in [-0.25, -0.2) is 9.36 Å². The minimum atomic E-state index is -0.776. The highest BCUT2D eigenvalue weighted by Gasteiger charge is 2.28. The van der Waals surface area contributed by atoms with Crippen LogP contribution in [0, 0.1) is 0 Å². The zero-order valence-electron chi connectivity index (χ0n) is 15.3. The van der Waals surface area contributed by atoms with Crippen LogP contribution in [0.3, 0.4) is 0 Å². The molecule has 0 bridgehead atoms. The minimum absolute atomic E-state index is 0.0699. The van der Waals surface area contributed by atoms with E-state index >= 15 is 0 Å². The highest BCUT2D eigenvalue weighted by molar-refractivity contribution is 6.30. The largest absolute Gasteiger partial charge is 0.495 e. The number of benzene rings is 2. The van der Waals surface area contributed by atoms with Crippen molar-refractivity contribution in [3.63, 3.8) is 0 Å². The van der Waals surface area contributed by atoms with Gasteiger partial charge in [-0.2, -0.15) is 5.10 Å². The van der Waals surface area contributed by atoms with Crippen molar-refractivity contribution in [2.45, 2.75) is 12.5 Å². The Morgan fingerprint density at radius 2 is 1.90 bits per heavy atom. The lowest BCUT2D eigenvalue weighted by Gasteiger charge is -2.14.